The predicted octanol–water partition coefficient (Wildman–Crippen LogP) is 3.63. The lowest BCUT2D eigenvalue weighted by Crippen LogP contribution is -2.14. The van der Waals surface area contributed by atoms with E-state index in [2.05, 4.69) is 20.8 Å². The zero-order valence-electron chi connectivity index (χ0n) is 14.3. The lowest BCUT2D eigenvalue weighted by molar-refractivity contribution is -0.114. The number of nitrogens with zero attached hydrogens (tertiary/aromatic N) is 3. The summed E-state index contributed by atoms with van der Waals surface area (Å²) in [5, 5.41) is 14.6. The summed E-state index contributed by atoms with van der Waals surface area (Å²) in [6, 6.07) is 15.0. The van der Waals surface area contributed by atoms with Crippen LogP contribution in [0.2, 0.25) is 0 Å². The van der Waals surface area contributed by atoms with E-state index in [1.807, 2.05) is 28.7 Å². The average Bonchev–Trinajstić information content (AvgIpc) is 3.20. The lowest BCUT2D eigenvalue weighted by atomic mass is 10.3. The van der Waals surface area contributed by atoms with E-state index in [0.29, 0.717) is 16.5 Å². The van der Waals surface area contributed by atoms with Gasteiger partial charge in [-0.25, -0.2) is 0 Å². The van der Waals surface area contributed by atoms with Crippen molar-refractivity contribution >= 4 is 61.5 Å². The van der Waals surface area contributed by atoms with E-state index in [0.717, 1.165) is 15.2 Å². The zero-order chi connectivity index (χ0) is 18.8. The van der Waals surface area contributed by atoms with Crippen LogP contribution in [-0.2, 0) is 9.59 Å². The van der Waals surface area contributed by atoms with Gasteiger partial charge in [0, 0.05) is 18.3 Å². The number of nitrogens with one attached hydrogen (secondary N) is 2. The summed E-state index contributed by atoms with van der Waals surface area (Å²) < 4.78 is 3.10. The molecule has 27 heavy (non-hydrogen) atoms. The number of rotatable bonds is 5. The zero-order valence-corrected chi connectivity index (χ0v) is 15.9. The molecule has 0 saturated heterocycles. The van der Waals surface area contributed by atoms with Crippen LogP contribution >= 0.6 is 23.1 Å². The number of para-hydroxylation sites is 1. The molecule has 0 radical (unpaired) electrons. The number of benzene rings is 2. The molecule has 7 nitrogen and oxygen atoms in total. The smallest absolute Gasteiger partial charge is 0.234 e. The lowest BCUT2D eigenvalue weighted by Gasteiger charge is -2.06. The Morgan fingerprint density at radius 3 is 2.48 bits per heavy atom. The minimum absolute atomic E-state index is 0.135. The van der Waals surface area contributed by atoms with Crippen LogP contribution < -0.4 is 10.6 Å². The Bertz CT molecular complexity index is 1130. The van der Waals surface area contributed by atoms with Gasteiger partial charge in [0.1, 0.15) is 0 Å². The third-order valence-electron chi connectivity index (χ3n) is 3.73. The standard InChI is InChI=1S/C18H15N5O2S2/c1-11(24)19-12-6-8-13(9-7-12)20-16(25)10-26-17-21-22-18-23(17)14-4-2-3-5-15(14)27-18/h2-9H,10H2,1H3,(H,19,24)(H,20,25). The van der Waals surface area contributed by atoms with Crippen molar-refractivity contribution in [2.45, 2.75) is 12.1 Å². The molecule has 0 spiro atoms. The first-order valence-corrected chi connectivity index (χ1v) is 9.93. The van der Waals surface area contributed by atoms with Gasteiger partial charge in [-0.05, 0) is 36.4 Å². The summed E-state index contributed by atoms with van der Waals surface area (Å²) in [4.78, 5) is 24.1. The van der Waals surface area contributed by atoms with Crippen molar-refractivity contribution < 1.29 is 9.59 Å². The molecule has 0 aliphatic rings. The van der Waals surface area contributed by atoms with Gasteiger partial charge in [0.15, 0.2) is 5.16 Å². The number of aromatic nitrogens is 3. The second kappa shape index (κ2) is 7.37. The highest BCUT2D eigenvalue weighted by molar-refractivity contribution is 7.99. The van der Waals surface area contributed by atoms with Crippen LogP contribution in [0, 0.1) is 0 Å². The molecule has 0 bridgehead atoms. The maximum absolute atomic E-state index is 12.3. The van der Waals surface area contributed by atoms with Crippen molar-refractivity contribution in [3.05, 3.63) is 48.5 Å². The Labute approximate surface area is 162 Å². The number of thioether (sulfide) groups is 1. The summed E-state index contributed by atoms with van der Waals surface area (Å²) in [6.45, 7) is 1.45. The third-order valence-corrected chi connectivity index (χ3v) is 5.67. The number of amides is 2. The SMILES string of the molecule is CC(=O)Nc1ccc(NC(=O)CSc2nnc3sc4ccccc4n23)cc1. The molecule has 2 aromatic carbocycles. The fourth-order valence-electron chi connectivity index (χ4n) is 2.62. The highest BCUT2D eigenvalue weighted by Gasteiger charge is 2.14. The molecule has 9 heteroatoms. The Kier molecular flexibility index (Phi) is 4.78. The van der Waals surface area contributed by atoms with Crippen LogP contribution in [0.4, 0.5) is 11.4 Å². The van der Waals surface area contributed by atoms with Crippen LogP contribution in [0.5, 0.6) is 0 Å². The highest BCUT2D eigenvalue weighted by atomic mass is 32.2. The van der Waals surface area contributed by atoms with Crippen LogP contribution in [0.3, 0.4) is 0 Å². The maximum atomic E-state index is 12.3. The van der Waals surface area contributed by atoms with Gasteiger partial charge in [-0.2, -0.15) is 0 Å². The largest absolute Gasteiger partial charge is 0.326 e. The highest BCUT2D eigenvalue weighted by Crippen LogP contribution is 2.29. The van der Waals surface area contributed by atoms with E-state index in [9.17, 15) is 9.59 Å². The first-order valence-electron chi connectivity index (χ1n) is 8.13. The van der Waals surface area contributed by atoms with Crippen molar-refractivity contribution in [3.8, 4) is 0 Å². The number of fused-ring (bicyclic) bond motifs is 3. The minimum atomic E-state index is -0.136. The molecular weight excluding hydrogens is 382 g/mol. The normalized spacial score (nSPS) is 11.0. The quantitative estimate of drug-likeness (QED) is 0.502. The molecule has 4 aromatic rings. The monoisotopic (exact) mass is 397 g/mol. The molecule has 0 atom stereocenters. The molecule has 0 unspecified atom stereocenters. The van der Waals surface area contributed by atoms with Crippen molar-refractivity contribution in [1.82, 2.24) is 14.6 Å². The van der Waals surface area contributed by atoms with E-state index in [1.165, 1.54) is 18.7 Å². The number of anilines is 2. The Balaban J connectivity index is 1.42. The Morgan fingerprint density at radius 2 is 1.74 bits per heavy atom. The molecule has 4 rings (SSSR count). The fraction of sp³-hybridized carbons (Fsp3) is 0.111. The van der Waals surface area contributed by atoms with Gasteiger partial charge in [-0.15, -0.1) is 10.2 Å². The molecule has 2 aromatic heterocycles. The van der Waals surface area contributed by atoms with Crippen LogP contribution in [0.25, 0.3) is 15.2 Å². The first kappa shape index (κ1) is 17.5. The van der Waals surface area contributed by atoms with Gasteiger partial charge in [0.05, 0.1) is 16.0 Å². The summed E-state index contributed by atoms with van der Waals surface area (Å²) in [5.74, 6) is -0.0503. The van der Waals surface area contributed by atoms with E-state index >= 15 is 0 Å². The molecular formula is C18H15N5O2S2. The number of hydrogen-bond donors (Lipinski definition) is 2. The Hall–Kier alpha value is -2.91. The van der Waals surface area contributed by atoms with E-state index in [4.69, 9.17) is 0 Å². The van der Waals surface area contributed by atoms with Crippen molar-refractivity contribution in [1.29, 1.82) is 0 Å². The molecule has 0 aliphatic heterocycles. The molecule has 136 valence electrons. The minimum Gasteiger partial charge on any atom is -0.326 e. The van der Waals surface area contributed by atoms with Gasteiger partial charge < -0.3 is 10.6 Å². The molecule has 0 fully saturated rings. The van der Waals surface area contributed by atoms with Gasteiger partial charge in [-0.1, -0.05) is 35.2 Å². The second-order valence-corrected chi connectivity index (χ2v) is 7.72. The first-order chi connectivity index (χ1) is 13.1. The van der Waals surface area contributed by atoms with Gasteiger partial charge in [-0.3, -0.25) is 14.0 Å². The number of carbonyl (C=O) groups is 2. The van der Waals surface area contributed by atoms with Gasteiger partial charge >= 0.3 is 0 Å². The van der Waals surface area contributed by atoms with Crippen molar-refractivity contribution in [2.24, 2.45) is 0 Å². The van der Waals surface area contributed by atoms with Crippen molar-refractivity contribution in [3.63, 3.8) is 0 Å². The molecule has 0 saturated carbocycles. The topological polar surface area (TPSA) is 88.4 Å². The summed E-state index contributed by atoms with van der Waals surface area (Å²) in [5.41, 5.74) is 2.39. The molecule has 2 N–H and O–H groups in total. The average molecular weight is 397 g/mol. The third kappa shape index (κ3) is 3.79. The number of hydrogen-bond acceptors (Lipinski definition) is 6. The molecule has 0 aliphatic carbocycles. The summed E-state index contributed by atoms with van der Waals surface area (Å²) in [7, 11) is 0. The fourth-order valence-corrected chi connectivity index (χ4v) is 4.38. The summed E-state index contributed by atoms with van der Waals surface area (Å²) >= 11 is 2.91. The van der Waals surface area contributed by atoms with E-state index in [1.54, 1.807) is 35.6 Å². The molecule has 2 heterocycles. The molecule has 2 amide bonds. The van der Waals surface area contributed by atoms with Crippen LogP contribution in [-0.4, -0.2) is 32.2 Å². The number of carbonyl (C=O) groups excluding carboxylic acids is 2. The van der Waals surface area contributed by atoms with Crippen molar-refractivity contribution in [2.75, 3.05) is 16.4 Å². The van der Waals surface area contributed by atoms with E-state index < -0.39 is 0 Å². The van der Waals surface area contributed by atoms with Crippen LogP contribution in [0.1, 0.15) is 6.92 Å². The predicted molar refractivity (Wildman–Crippen MR) is 108 cm³/mol. The van der Waals surface area contributed by atoms with Crippen LogP contribution in [0.15, 0.2) is 53.7 Å². The van der Waals surface area contributed by atoms with Gasteiger partial charge in [0.25, 0.3) is 0 Å². The number of thiazole rings is 1. The van der Waals surface area contributed by atoms with E-state index in [-0.39, 0.29) is 17.6 Å². The maximum Gasteiger partial charge on any atom is 0.234 e. The Morgan fingerprint density at radius 1 is 1.04 bits per heavy atom. The summed E-state index contributed by atoms with van der Waals surface area (Å²) in [6.07, 6.45) is 0. The van der Waals surface area contributed by atoms with Gasteiger partial charge in [0.2, 0.25) is 16.8 Å². The second-order valence-electron chi connectivity index (χ2n) is 5.77.